The van der Waals surface area contributed by atoms with Crippen LogP contribution in [-0.2, 0) is 6.42 Å². The van der Waals surface area contributed by atoms with Crippen molar-refractivity contribution in [2.75, 3.05) is 16.8 Å². The third-order valence-electron chi connectivity index (χ3n) is 4.45. The molecule has 3 aromatic rings. The summed E-state index contributed by atoms with van der Waals surface area (Å²) < 4.78 is 0. The first-order valence-electron chi connectivity index (χ1n) is 8.28. The van der Waals surface area contributed by atoms with Crippen molar-refractivity contribution in [2.45, 2.75) is 13.3 Å². The number of benzene rings is 2. The van der Waals surface area contributed by atoms with Gasteiger partial charge in [-0.2, -0.15) is 0 Å². The number of anilines is 3. The van der Waals surface area contributed by atoms with Gasteiger partial charge in [0.25, 0.3) is 5.91 Å². The van der Waals surface area contributed by atoms with Gasteiger partial charge in [0.15, 0.2) is 11.6 Å². The Labute approximate surface area is 146 Å². The molecule has 5 heteroatoms. The van der Waals surface area contributed by atoms with E-state index in [0.717, 1.165) is 24.3 Å². The van der Waals surface area contributed by atoms with E-state index in [9.17, 15) is 4.79 Å². The molecule has 1 aliphatic rings. The normalized spacial score (nSPS) is 12.8. The maximum Gasteiger partial charge on any atom is 0.257 e. The van der Waals surface area contributed by atoms with Crippen LogP contribution >= 0.6 is 0 Å². The zero-order valence-corrected chi connectivity index (χ0v) is 13.9. The Balaban J connectivity index is 1.52. The van der Waals surface area contributed by atoms with Gasteiger partial charge < -0.3 is 10.2 Å². The molecule has 1 aliphatic heterocycles. The minimum absolute atomic E-state index is 0.174. The lowest BCUT2D eigenvalue weighted by Gasteiger charge is -2.17. The number of fused-ring (bicyclic) bond motifs is 1. The van der Waals surface area contributed by atoms with Crippen LogP contribution in [0.1, 0.15) is 21.5 Å². The fourth-order valence-corrected chi connectivity index (χ4v) is 3.12. The lowest BCUT2D eigenvalue weighted by Crippen LogP contribution is -2.17. The SMILES string of the molecule is Cc1ccccc1C(=O)Nc1ccc(N2CCc3ccccc32)nn1. The molecule has 1 aromatic heterocycles. The first kappa shape index (κ1) is 15.3. The fourth-order valence-electron chi connectivity index (χ4n) is 3.12. The molecular weight excluding hydrogens is 312 g/mol. The van der Waals surface area contributed by atoms with Crippen LogP contribution in [0.25, 0.3) is 0 Å². The van der Waals surface area contributed by atoms with Gasteiger partial charge >= 0.3 is 0 Å². The summed E-state index contributed by atoms with van der Waals surface area (Å²) in [6.45, 7) is 2.80. The molecule has 0 bridgehead atoms. The number of nitrogens with one attached hydrogen (secondary N) is 1. The molecule has 0 unspecified atom stereocenters. The highest BCUT2D eigenvalue weighted by Crippen LogP contribution is 2.32. The van der Waals surface area contributed by atoms with Gasteiger partial charge in [-0.1, -0.05) is 36.4 Å². The molecule has 0 radical (unpaired) electrons. The monoisotopic (exact) mass is 330 g/mol. The van der Waals surface area contributed by atoms with Gasteiger partial charge in [0.2, 0.25) is 0 Å². The van der Waals surface area contributed by atoms with Crippen LogP contribution < -0.4 is 10.2 Å². The van der Waals surface area contributed by atoms with Crippen molar-refractivity contribution in [3.63, 3.8) is 0 Å². The van der Waals surface area contributed by atoms with E-state index < -0.39 is 0 Å². The quantitative estimate of drug-likeness (QED) is 0.795. The van der Waals surface area contributed by atoms with Crippen molar-refractivity contribution in [3.05, 3.63) is 77.4 Å². The number of carbonyl (C=O) groups excluding carboxylic acids is 1. The first-order chi connectivity index (χ1) is 12.2. The molecule has 1 N–H and O–H groups in total. The van der Waals surface area contributed by atoms with Crippen LogP contribution in [0.15, 0.2) is 60.7 Å². The summed E-state index contributed by atoms with van der Waals surface area (Å²) in [7, 11) is 0. The van der Waals surface area contributed by atoms with Crippen LogP contribution in [0.3, 0.4) is 0 Å². The Morgan fingerprint density at radius 2 is 1.80 bits per heavy atom. The highest BCUT2D eigenvalue weighted by molar-refractivity contribution is 6.04. The highest BCUT2D eigenvalue weighted by atomic mass is 16.1. The minimum Gasteiger partial charge on any atom is -0.324 e. The van der Waals surface area contributed by atoms with E-state index in [4.69, 9.17) is 0 Å². The zero-order chi connectivity index (χ0) is 17.2. The van der Waals surface area contributed by atoms with Gasteiger partial charge in [0.05, 0.1) is 0 Å². The van der Waals surface area contributed by atoms with Crippen molar-refractivity contribution in [1.29, 1.82) is 0 Å². The average Bonchev–Trinajstić information content (AvgIpc) is 3.07. The topological polar surface area (TPSA) is 58.1 Å². The molecule has 5 nitrogen and oxygen atoms in total. The van der Waals surface area contributed by atoms with Crippen molar-refractivity contribution in [2.24, 2.45) is 0 Å². The summed E-state index contributed by atoms with van der Waals surface area (Å²) in [6, 6.07) is 19.5. The van der Waals surface area contributed by atoms with Crippen molar-refractivity contribution in [3.8, 4) is 0 Å². The molecule has 0 saturated carbocycles. The number of carbonyl (C=O) groups is 1. The molecule has 0 fully saturated rings. The summed E-state index contributed by atoms with van der Waals surface area (Å²) in [6.07, 6.45) is 1.00. The van der Waals surface area contributed by atoms with Gasteiger partial charge in [0, 0.05) is 17.8 Å². The van der Waals surface area contributed by atoms with Crippen LogP contribution in [0.4, 0.5) is 17.3 Å². The van der Waals surface area contributed by atoms with E-state index in [1.54, 1.807) is 12.1 Å². The van der Waals surface area contributed by atoms with Gasteiger partial charge in [-0.05, 0) is 48.7 Å². The van der Waals surface area contributed by atoms with Crippen molar-refractivity contribution in [1.82, 2.24) is 10.2 Å². The maximum atomic E-state index is 12.4. The highest BCUT2D eigenvalue weighted by Gasteiger charge is 2.21. The second-order valence-electron chi connectivity index (χ2n) is 6.08. The number of hydrogen-bond acceptors (Lipinski definition) is 4. The van der Waals surface area contributed by atoms with E-state index in [2.05, 4.69) is 38.6 Å². The maximum absolute atomic E-state index is 12.4. The van der Waals surface area contributed by atoms with Crippen LogP contribution in [0.2, 0.25) is 0 Å². The van der Waals surface area contributed by atoms with E-state index >= 15 is 0 Å². The molecule has 0 spiro atoms. The van der Waals surface area contributed by atoms with E-state index in [-0.39, 0.29) is 5.91 Å². The smallest absolute Gasteiger partial charge is 0.257 e. The van der Waals surface area contributed by atoms with E-state index in [0.29, 0.717) is 11.4 Å². The molecular formula is C20H18N4O. The number of nitrogens with zero attached hydrogens (tertiary/aromatic N) is 3. The lowest BCUT2D eigenvalue weighted by atomic mass is 10.1. The first-order valence-corrected chi connectivity index (χ1v) is 8.28. The molecule has 1 amide bonds. The molecule has 0 atom stereocenters. The average molecular weight is 330 g/mol. The predicted octanol–water partition coefficient (Wildman–Crippen LogP) is 3.73. The number of hydrogen-bond donors (Lipinski definition) is 1. The van der Waals surface area contributed by atoms with Crippen molar-refractivity contribution >= 4 is 23.2 Å². The summed E-state index contributed by atoms with van der Waals surface area (Å²) in [4.78, 5) is 14.5. The van der Waals surface area contributed by atoms with Gasteiger partial charge in [-0.15, -0.1) is 10.2 Å². The molecule has 124 valence electrons. The van der Waals surface area contributed by atoms with E-state index in [1.807, 2.05) is 37.3 Å². The van der Waals surface area contributed by atoms with Gasteiger partial charge in [-0.3, -0.25) is 4.79 Å². The summed E-state index contributed by atoms with van der Waals surface area (Å²) in [5.41, 5.74) is 4.06. The molecule has 2 heterocycles. The van der Waals surface area contributed by atoms with Crippen LogP contribution in [-0.4, -0.2) is 22.6 Å². The van der Waals surface area contributed by atoms with Crippen molar-refractivity contribution < 1.29 is 4.79 Å². The summed E-state index contributed by atoms with van der Waals surface area (Å²) in [5, 5.41) is 11.3. The van der Waals surface area contributed by atoms with Crippen LogP contribution in [0.5, 0.6) is 0 Å². The number of amides is 1. The molecule has 0 aliphatic carbocycles. The second-order valence-corrected chi connectivity index (χ2v) is 6.08. The Hall–Kier alpha value is -3.21. The largest absolute Gasteiger partial charge is 0.324 e. The Bertz CT molecular complexity index is 921. The summed E-state index contributed by atoms with van der Waals surface area (Å²) >= 11 is 0. The lowest BCUT2D eigenvalue weighted by molar-refractivity contribution is 0.102. The molecule has 0 saturated heterocycles. The zero-order valence-electron chi connectivity index (χ0n) is 13.9. The second kappa shape index (κ2) is 6.36. The number of aryl methyl sites for hydroxylation is 1. The standard InChI is InChI=1S/C20H18N4O/c1-14-6-2-4-8-16(14)20(25)21-18-10-11-19(23-22-18)24-13-12-15-7-3-5-9-17(15)24/h2-11H,12-13H2,1H3,(H,21,22,25). The van der Waals surface area contributed by atoms with Gasteiger partial charge in [-0.25, -0.2) is 0 Å². The third kappa shape index (κ3) is 2.96. The molecule has 2 aromatic carbocycles. The van der Waals surface area contributed by atoms with Gasteiger partial charge in [0.1, 0.15) is 0 Å². The number of rotatable bonds is 3. The van der Waals surface area contributed by atoms with E-state index in [1.165, 1.54) is 11.3 Å². The minimum atomic E-state index is -0.174. The molecule has 4 rings (SSSR count). The Morgan fingerprint density at radius 3 is 2.60 bits per heavy atom. The number of para-hydroxylation sites is 1. The Kier molecular flexibility index (Phi) is 3.90. The third-order valence-corrected chi connectivity index (χ3v) is 4.45. The fraction of sp³-hybridized carbons (Fsp3) is 0.150. The number of aromatic nitrogens is 2. The van der Waals surface area contributed by atoms with Crippen LogP contribution in [0, 0.1) is 6.92 Å². The Morgan fingerprint density at radius 1 is 1.00 bits per heavy atom. The summed E-state index contributed by atoms with van der Waals surface area (Å²) in [5.74, 6) is 1.06. The predicted molar refractivity (Wildman–Crippen MR) is 98.3 cm³/mol. The molecule has 25 heavy (non-hydrogen) atoms.